The predicted octanol–water partition coefficient (Wildman–Crippen LogP) is 2.58. The molecule has 132 valence electrons. The number of aliphatic carboxylic acids is 1. The molecule has 2 aromatic rings. The van der Waals surface area contributed by atoms with Crippen molar-refractivity contribution in [3.8, 4) is 11.5 Å². The maximum absolute atomic E-state index is 12.5. The fourth-order valence-electron chi connectivity index (χ4n) is 2.27. The number of methoxy groups -OCH3 is 1. The Morgan fingerprint density at radius 2 is 1.76 bits per heavy atom. The van der Waals surface area contributed by atoms with Crippen molar-refractivity contribution in [3.63, 3.8) is 0 Å². The topological polar surface area (TPSA) is 76.1 Å². The number of hydrogen-bond acceptors (Lipinski definition) is 4. The first kappa shape index (κ1) is 18.3. The minimum Gasteiger partial charge on any atom is -0.497 e. The molecule has 1 amide bonds. The Bertz CT molecular complexity index is 717. The standard InChI is InChI=1S/C19H21NO5/c1-14(19(22)23)20(12-15-7-4-3-5-8-15)18(21)13-25-17-10-6-9-16(11-17)24-2/h3-11,14H,12-13H2,1-2H3,(H,22,23). The number of carbonyl (C=O) groups excluding carboxylic acids is 1. The molecule has 0 spiro atoms. The number of carboxylic acids is 1. The average molecular weight is 343 g/mol. The number of rotatable bonds is 8. The summed E-state index contributed by atoms with van der Waals surface area (Å²) in [7, 11) is 1.54. The van der Waals surface area contributed by atoms with Gasteiger partial charge in [0.25, 0.3) is 5.91 Å². The van der Waals surface area contributed by atoms with Crippen LogP contribution in [0.4, 0.5) is 0 Å². The van der Waals surface area contributed by atoms with Crippen molar-refractivity contribution in [2.75, 3.05) is 13.7 Å². The van der Waals surface area contributed by atoms with E-state index in [0.717, 1.165) is 5.56 Å². The monoisotopic (exact) mass is 343 g/mol. The Kier molecular flexibility index (Phi) is 6.39. The lowest BCUT2D eigenvalue weighted by molar-refractivity contribution is -0.150. The van der Waals surface area contributed by atoms with E-state index in [-0.39, 0.29) is 13.2 Å². The summed E-state index contributed by atoms with van der Waals surface area (Å²) in [6, 6.07) is 15.2. The number of nitrogens with zero attached hydrogens (tertiary/aromatic N) is 1. The number of amides is 1. The van der Waals surface area contributed by atoms with Crippen molar-refractivity contribution >= 4 is 11.9 Å². The van der Waals surface area contributed by atoms with Crippen LogP contribution in [-0.2, 0) is 16.1 Å². The molecule has 0 fully saturated rings. The van der Waals surface area contributed by atoms with Gasteiger partial charge in [0, 0.05) is 12.6 Å². The molecule has 0 heterocycles. The molecule has 0 aliphatic rings. The Balaban J connectivity index is 2.07. The highest BCUT2D eigenvalue weighted by molar-refractivity contribution is 5.84. The molecule has 2 aromatic carbocycles. The minimum absolute atomic E-state index is 0.203. The first-order valence-corrected chi connectivity index (χ1v) is 7.84. The van der Waals surface area contributed by atoms with E-state index in [9.17, 15) is 14.7 Å². The lowest BCUT2D eigenvalue weighted by atomic mass is 10.2. The SMILES string of the molecule is COc1cccc(OCC(=O)N(Cc2ccccc2)C(C)C(=O)O)c1. The summed E-state index contributed by atoms with van der Waals surface area (Å²) in [5.41, 5.74) is 0.852. The van der Waals surface area contributed by atoms with E-state index in [2.05, 4.69) is 0 Å². The van der Waals surface area contributed by atoms with Gasteiger partial charge in [-0.3, -0.25) is 4.79 Å². The fraction of sp³-hybridized carbons (Fsp3) is 0.263. The molecule has 1 N–H and O–H groups in total. The molecule has 25 heavy (non-hydrogen) atoms. The molecule has 6 nitrogen and oxygen atoms in total. The van der Waals surface area contributed by atoms with Gasteiger partial charge in [-0.25, -0.2) is 4.79 Å². The molecular formula is C19H21NO5. The van der Waals surface area contributed by atoms with Crippen LogP contribution in [0.15, 0.2) is 54.6 Å². The van der Waals surface area contributed by atoms with E-state index < -0.39 is 17.9 Å². The van der Waals surface area contributed by atoms with E-state index in [1.165, 1.54) is 11.8 Å². The van der Waals surface area contributed by atoms with E-state index in [1.54, 1.807) is 31.4 Å². The lowest BCUT2D eigenvalue weighted by Gasteiger charge is -2.26. The molecule has 0 saturated carbocycles. The van der Waals surface area contributed by atoms with Crippen LogP contribution in [0.1, 0.15) is 12.5 Å². The van der Waals surface area contributed by atoms with Gasteiger partial charge in [-0.1, -0.05) is 36.4 Å². The summed E-state index contributed by atoms with van der Waals surface area (Å²) < 4.78 is 10.6. The van der Waals surface area contributed by atoms with E-state index >= 15 is 0 Å². The van der Waals surface area contributed by atoms with Gasteiger partial charge in [-0.05, 0) is 24.6 Å². The molecule has 1 atom stereocenters. The molecule has 1 unspecified atom stereocenters. The van der Waals surface area contributed by atoms with Crippen LogP contribution in [0.5, 0.6) is 11.5 Å². The highest BCUT2D eigenvalue weighted by atomic mass is 16.5. The number of hydrogen-bond donors (Lipinski definition) is 1. The fourth-order valence-corrected chi connectivity index (χ4v) is 2.27. The Morgan fingerprint density at radius 1 is 1.08 bits per heavy atom. The highest BCUT2D eigenvalue weighted by Crippen LogP contribution is 2.19. The Labute approximate surface area is 146 Å². The summed E-state index contributed by atoms with van der Waals surface area (Å²) in [6.07, 6.45) is 0. The van der Waals surface area contributed by atoms with Crippen LogP contribution in [0, 0.1) is 0 Å². The van der Waals surface area contributed by atoms with Crippen molar-refractivity contribution in [2.24, 2.45) is 0 Å². The molecule has 0 aliphatic carbocycles. The van der Waals surface area contributed by atoms with Gasteiger partial charge >= 0.3 is 5.97 Å². The largest absolute Gasteiger partial charge is 0.497 e. The molecule has 0 aromatic heterocycles. The third kappa shape index (κ3) is 5.24. The van der Waals surface area contributed by atoms with Gasteiger partial charge in [0.2, 0.25) is 0 Å². The zero-order valence-electron chi connectivity index (χ0n) is 14.2. The summed E-state index contributed by atoms with van der Waals surface area (Å²) >= 11 is 0. The first-order chi connectivity index (χ1) is 12.0. The van der Waals surface area contributed by atoms with E-state index in [1.807, 2.05) is 30.3 Å². The van der Waals surface area contributed by atoms with Gasteiger partial charge in [-0.15, -0.1) is 0 Å². The first-order valence-electron chi connectivity index (χ1n) is 7.84. The minimum atomic E-state index is -1.06. The van der Waals surface area contributed by atoms with Gasteiger partial charge in [0.1, 0.15) is 17.5 Å². The molecule has 0 aliphatic heterocycles. The lowest BCUT2D eigenvalue weighted by Crippen LogP contribution is -2.44. The molecule has 6 heteroatoms. The summed E-state index contributed by atoms with van der Waals surface area (Å²) in [5.74, 6) is -0.368. The summed E-state index contributed by atoms with van der Waals surface area (Å²) in [4.78, 5) is 25.2. The van der Waals surface area contributed by atoms with Gasteiger partial charge < -0.3 is 19.5 Å². The summed E-state index contributed by atoms with van der Waals surface area (Å²) in [6.45, 7) is 1.43. The Hall–Kier alpha value is -3.02. The van der Waals surface area contributed by atoms with Crippen LogP contribution in [0.2, 0.25) is 0 Å². The second kappa shape index (κ2) is 8.73. The van der Waals surface area contributed by atoms with Crippen LogP contribution >= 0.6 is 0 Å². The quantitative estimate of drug-likeness (QED) is 0.797. The molecule has 0 saturated heterocycles. The van der Waals surface area contributed by atoms with Gasteiger partial charge in [-0.2, -0.15) is 0 Å². The number of carboxylic acid groups (broad SMARTS) is 1. The van der Waals surface area contributed by atoms with Crippen molar-refractivity contribution < 1.29 is 24.2 Å². The molecule has 0 bridgehead atoms. The Morgan fingerprint density at radius 3 is 2.40 bits per heavy atom. The third-order valence-corrected chi connectivity index (χ3v) is 3.74. The van der Waals surface area contributed by atoms with Crippen LogP contribution in [-0.4, -0.2) is 41.6 Å². The van der Waals surface area contributed by atoms with Crippen molar-refractivity contribution in [3.05, 3.63) is 60.2 Å². The number of carbonyl (C=O) groups is 2. The van der Waals surface area contributed by atoms with E-state index in [4.69, 9.17) is 9.47 Å². The van der Waals surface area contributed by atoms with Gasteiger partial charge in [0.05, 0.1) is 7.11 Å². The third-order valence-electron chi connectivity index (χ3n) is 3.74. The second-order valence-corrected chi connectivity index (χ2v) is 5.49. The predicted molar refractivity (Wildman–Crippen MR) is 92.6 cm³/mol. The van der Waals surface area contributed by atoms with Gasteiger partial charge in [0.15, 0.2) is 6.61 Å². The van der Waals surface area contributed by atoms with Crippen molar-refractivity contribution in [1.82, 2.24) is 4.90 Å². The number of benzene rings is 2. The highest BCUT2D eigenvalue weighted by Gasteiger charge is 2.26. The zero-order chi connectivity index (χ0) is 18.2. The van der Waals surface area contributed by atoms with Crippen LogP contribution in [0.25, 0.3) is 0 Å². The second-order valence-electron chi connectivity index (χ2n) is 5.49. The van der Waals surface area contributed by atoms with Crippen molar-refractivity contribution in [1.29, 1.82) is 0 Å². The normalized spacial score (nSPS) is 11.4. The maximum atomic E-state index is 12.5. The number of ether oxygens (including phenoxy) is 2. The molecule has 0 radical (unpaired) electrons. The summed E-state index contributed by atoms with van der Waals surface area (Å²) in [5, 5.41) is 9.28. The molecular weight excluding hydrogens is 322 g/mol. The average Bonchev–Trinajstić information content (AvgIpc) is 2.64. The van der Waals surface area contributed by atoms with Crippen LogP contribution < -0.4 is 9.47 Å². The molecule has 2 rings (SSSR count). The zero-order valence-corrected chi connectivity index (χ0v) is 14.2. The van der Waals surface area contributed by atoms with Crippen LogP contribution in [0.3, 0.4) is 0 Å². The van der Waals surface area contributed by atoms with Crippen molar-refractivity contribution in [2.45, 2.75) is 19.5 Å². The smallest absolute Gasteiger partial charge is 0.326 e. The maximum Gasteiger partial charge on any atom is 0.326 e. The van der Waals surface area contributed by atoms with E-state index in [0.29, 0.717) is 11.5 Å².